The molecule has 1 heterocycles. The van der Waals surface area contributed by atoms with Gasteiger partial charge in [-0.2, -0.15) is 0 Å². The van der Waals surface area contributed by atoms with E-state index in [-0.39, 0.29) is 11.8 Å². The minimum absolute atomic E-state index is 0.0364. The number of carbonyl (C=O) groups excluding carboxylic acids is 1. The maximum Gasteiger partial charge on any atom is 0.306 e. The molecule has 1 fully saturated rings. The van der Waals surface area contributed by atoms with Crippen molar-refractivity contribution >= 4 is 11.9 Å². The molecule has 1 saturated heterocycles. The Morgan fingerprint density at radius 1 is 1.44 bits per heavy atom. The van der Waals surface area contributed by atoms with Gasteiger partial charge in [-0.1, -0.05) is 13.3 Å². The molecule has 16 heavy (non-hydrogen) atoms. The van der Waals surface area contributed by atoms with Crippen LogP contribution < -0.4 is 5.73 Å². The summed E-state index contributed by atoms with van der Waals surface area (Å²) in [5, 5.41) is 8.83. The second-order valence-corrected chi connectivity index (χ2v) is 4.33. The van der Waals surface area contributed by atoms with Crippen molar-refractivity contribution in [1.29, 1.82) is 0 Å². The SMILES string of the molecule is CCC[C@@H](N)C(=O)N1CCC(C(=O)O)CC1. The molecule has 0 radical (unpaired) electrons. The fourth-order valence-corrected chi connectivity index (χ4v) is 2.02. The Labute approximate surface area is 95.6 Å². The summed E-state index contributed by atoms with van der Waals surface area (Å²) in [6.45, 7) is 3.03. The van der Waals surface area contributed by atoms with E-state index in [9.17, 15) is 9.59 Å². The highest BCUT2D eigenvalue weighted by atomic mass is 16.4. The lowest BCUT2D eigenvalue weighted by Crippen LogP contribution is -2.47. The zero-order valence-electron chi connectivity index (χ0n) is 9.69. The van der Waals surface area contributed by atoms with Crippen LogP contribution in [0.3, 0.4) is 0 Å². The van der Waals surface area contributed by atoms with Gasteiger partial charge in [0.25, 0.3) is 0 Å². The summed E-state index contributed by atoms with van der Waals surface area (Å²) in [5.74, 6) is -1.10. The van der Waals surface area contributed by atoms with Gasteiger partial charge in [-0.25, -0.2) is 0 Å². The lowest BCUT2D eigenvalue weighted by atomic mass is 9.96. The summed E-state index contributed by atoms with van der Waals surface area (Å²) < 4.78 is 0. The van der Waals surface area contributed by atoms with Crippen molar-refractivity contribution in [3.8, 4) is 0 Å². The predicted octanol–water partition coefficient (Wildman–Crippen LogP) is 0.437. The van der Waals surface area contributed by atoms with E-state index in [2.05, 4.69) is 0 Å². The fourth-order valence-electron chi connectivity index (χ4n) is 2.02. The van der Waals surface area contributed by atoms with E-state index in [1.807, 2.05) is 6.92 Å². The molecule has 3 N–H and O–H groups in total. The number of piperidine rings is 1. The van der Waals surface area contributed by atoms with Crippen LogP contribution in [0, 0.1) is 5.92 Å². The highest BCUT2D eigenvalue weighted by molar-refractivity contribution is 5.82. The average molecular weight is 228 g/mol. The third kappa shape index (κ3) is 3.20. The second-order valence-electron chi connectivity index (χ2n) is 4.33. The number of carboxylic acids is 1. The van der Waals surface area contributed by atoms with E-state index < -0.39 is 12.0 Å². The van der Waals surface area contributed by atoms with Gasteiger partial charge < -0.3 is 15.7 Å². The second kappa shape index (κ2) is 5.84. The number of nitrogens with zero attached hydrogens (tertiary/aromatic N) is 1. The van der Waals surface area contributed by atoms with Gasteiger partial charge in [0.05, 0.1) is 12.0 Å². The van der Waals surface area contributed by atoms with Gasteiger partial charge >= 0.3 is 5.97 Å². The van der Waals surface area contributed by atoms with E-state index in [0.29, 0.717) is 32.4 Å². The van der Waals surface area contributed by atoms with Crippen LogP contribution in [0.15, 0.2) is 0 Å². The topological polar surface area (TPSA) is 83.6 Å². The lowest BCUT2D eigenvalue weighted by molar-refractivity contribution is -0.146. The van der Waals surface area contributed by atoms with Crippen molar-refractivity contribution in [3.63, 3.8) is 0 Å². The quantitative estimate of drug-likeness (QED) is 0.731. The van der Waals surface area contributed by atoms with Crippen LogP contribution in [0.25, 0.3) is 0 Å². The first-order chi connectivity index (χ1) is 7.56. The van der Waals surface area contributed by atoms with Crippen molar-refractivity contribution in [1.82, 2.24) is 4.90 Å². The normalized spacial score (nSPS) is 19.5. The Morgan fingerprint density at radius 2 is 2.00 bits per heavy atom. The fraction of sp³-hybridized carbons (Fsp3) is 0.818. The zero-order valence-corrected chi connectivity index (χ0v) is 9.69. The number of nitrogens with two attached hydrogens (primary N) is 1. The summed E-state index contributed by atoms with van der Waals surface area (Å²) in [6, 6.07) is -0.425. The average Bonchev–Trinajstić information content (AvgIpc) is 2.28. The molecule has 0 spiro atoms. The number of amides is 1. The van der Waals surface area contributed by atoms with Crippen LogP contribution in [-0.2, 0) is 9.59 Å². The van der Waals surface area contributed by atoms with Gasteiger partial charge in [0.1, 0.15) is 0 Å². The Balaban J connectivity index is 2.41. The zero-order chi connectivity index (χ0) is 12.1. The van der Waals surface area contributed by atoms with Gasteiger partial charge in [0.15, 0.2) is 0 Å². The van der Waals surface area contributed by atoms with Crippen LogP contribution in [0.5, 0.6) is 0 Å². The highest BCUT2D eigenvalue weighted by Gasteiger charge is 2.28. The summed E-state index contributed by atoms with van der Waals surface area (Å²) in [4.78, 5) is 24.3. The van der Waals surface area contributed by atoms with Crippen LogP contribution in [0.4, 0.5) is 0 Å². The first-order valence-corrected chi connectivity index (χ1v) is 5.83. The van der Waals surface area contributed by atoms with E-state index >= 15 is 0 Å². The van der Waals surface area contributed by atoms with E-state index in [4.69, 9.17) is 10.8 Å². The molecule has 0 aromatic carbocycles. The van der Waals surface area contributed by atoms with E-state index in [0.717, 1.165) is 6.42 Å². The molecule has 0 unspecified atom stereocenters. The molecule has 1 aliphatic heterocycles. The van der Waals surface area contributed by atoms with Crippen molar-refractivity contribution in [2.24, 2.45) is 11.7 Å². The maximum absolute atomic E-state index is 11.8. The smallest absolute Gasteiger partial charge is 0.306 e. The first kappa shape index (κ1) is 13.0. The third-order valence-corrected chi connectivity index (χ3v) is 3.07. The van der Waals surface area contributed by atoms with Crippen molar-refractivity contribution in [2.45, 2.75) is 38.6 Å². The molecular formula is C11H20N2O3. The van der Waals surface area contributed by atoms with Crippen LogP contribution in [-0.4, -0.2) is 41.0 Å². The lowest BCUT2D eigenvalue weighted by Gasteiger charge is -2.31. The maximum atomic E-state index is 11.8. The molecule has 92 valence electrons. The number of carbonyl (C=O) groups is 2. The van der Waals surface area contributed by atoms with Crippen LogP contribution >= 0.6 is 0 Å². The van der Waals surface area contributed by atoms with E-state index in [1.54, 1.807) is 4.90 Å². The molecule has 1 aliphatic rings. The van der Waals surface area contributed by atoms with Gasteiger partial charge in [-0.3, -0.25) is 9.59 Å². The number of carboxylic acid groups (broad SMARTS) is 1. The van der Waals surface area contributed by atoms with Gasteiger partial charge in [-0.05, 0) is 19.3 Å². The largest absolute Gasteiger partial charge is 0.481 e. The standard InChI is InChI=1S/C11H20N2O3/c1-2-3-9(12)10(14)13-6-4-8(5-7-13)11(15)16/h8-9H,2-7,12H2,1H3,(H,15,16)/t9-/m1/s1. The van der Waals surface area contributed by atoms with E-state index in [1.165, 1.54) is 0 Å². The Kier molecular flexibility index (Phi) is 4.73. The van der Waals surface area contributed by atoms with Crippen LogP contribution in [0.2, 0.25) is 0 Å². The van der Waals surface area contributed by atoms with Gasteiger partial charge in [0, 0.05) is 13.1 Å². The molecular weight excluding hydrogens is 208 g/mol. The molecule has 1 rings (SSSR count). The molecule has 0 aromatic rings. The van der Waals surface area contributed by atoms with Gasteiger partial charge in [0.2, 0.25) is 5.91 Å². The number of rotatable bonds is 4. The molecule has 0 aliphatic carbocycles. The Morgan fingerprint density at radius 3 is 2.44 bits per heavy atom. The molecule has 1 amide bonds. The molecule has 0 bridgehead atoms. The number of hydrogen-bond donors (Lipinski definition) is 2. The van der Waals surface area contributed by atoms with Gasteiger partial charge in [-0.15, -0.1) is 0 Å². The molecule has 1 atom stereocenters. The van der Waals surface area contributed by atoms with Crippen molar-refractivity contribution in [3.05, 3.63) is 0 Å². The monoisotopic (exact) mass is 228 g/mol. The minimum atomic E-state index is -0.759. The first-order valence-electron chi connectivity index (χ1n) is 5.83. The van der Waals surface area contributed by atoms with Crippen molar-refractivity contribution in [2.75, 3.05) is 13.1 Å². The Hall–Kier alpha value is -1.10. The Bertz CT molecular complexity index is 260. The minimum Gasteiger partial charge on any atom is -0.481 e. The van der Waals surface area contributed by atoms with Crippen molar-refractivity contribution < 1.29 is 14.7 Å². The number of hydrogen-bond acceptors (Lipinski definition) is 3. The van der Waals surface area contributed by atoms with Crippen LogP contribution in [0.1, 0.15) is 32.6 Å². The number of aliphatic carboxylic acids is 1. The predicted molar refractivity (Wildman–Crippen MR) is 59.8 cm³/mol. The summed E-state index contributed by atoms with van der Waals surface area (Å²) in [6.07, 6.45) is 2.66. The summed E-state index contributed by atoms with van der Waals surface area (Å²) in [5.41, 5.74) is 5.75. The molecule has 0 aromatic heterocycles. The highest BCUT2D eigenvalue weighted by Crippen LogP contribution is 2.18. The summed E-state index contributed by atoms with van der Waals surface area (Å²) >= 11 is 0. The third-order valence-electron chi connectivity index (χ3n) is 3.07. The summed E-state index contributed by atoms with van der Waals surface area (Å²) in [7, 11) is 0. The number of likely N-dealkylation sites (tertiary alicyclic amines) is 1. The molecule has 5 heteroatoms. The molecule has 0 saturated carbocycles. The molecule has 5 nitrogen and oxygen atoms in total.